The minimum absolute atomic E-state index is 0.0809. The number of carbonyl (C=O) groups excluding carboxylic acids is 1. The maximum atomic E-state index is 12.5. The first-order valence-corrected chi connectivity index (χ1v) is 8.47. The highest BCUT2D eigenvalue weighted by atomic mass is 79.9. The number of benzene rings is 1. The molecule has 0 amide bonds. The van der Waals surface area contributed by atoms with E-state index in [-0.39, 0.29) is 29.4 Å². The summed E-state index contributed by atoms with van der Waals surface area (Å²) < 4.78 is 16.6. The molecule has 2 heterocycles. The second-order valence-electron chi connectivity index (χ2n) is 5.48. The van der Waals surface area contributed by atoms with E-state index in [1.165, 1.54) is 0 Å². The number of carbonyl (C=O) groups is 1. The van der Waals surface area contributed by atoms with Gasteiger partial charge in [0.2, 0.25) is 5.88 Å². The summed E-state index contributed by atoms with van der Waals surface area (Å²) in [7, 11) is 0. The zero-order chi connectivity index (χ0) is 18.1. The molecular weight excluding hydrogens is 390 g/mol. The van der Waals surface area contributed by atoms with E-state index in [4.69, 9.17) is 19.6 Å². The minimum atomic E-state index is -0.754. The van der Waals surface area contributed by atoms with Gasteiger partial charge >= 0.3 is 11.6 Å². The normalized spacial score (nSPS) is 16.2. The third-order valence-corrected chi connectivity index (χ3v) is 4.57. The number of nitrogens with two attached hydrogens (primary N) is 1. The van der Waals surface area contributed by atoms with Crippen molar-refractivity contribution in [2.75, 3.05) is 6.61 Å². The third kappa shape index (κ3) is 3.07. The molecule has 1 aromatic carbocycles. The van der Waals surface area contributed by atoms with Crippen molar-refractivity contribution in [2.45, 2.75) is 19.8 Å². The van der Waals surface area contributed by atoms with Crippen LogP contribution in [0.2, 0.25) is 0 Å². The molecular formula is C18H16BrNO5. The van der Waals surface area contributed by atoms with Crippen LogP contribution in [0.4, 0.5) is 0 Å². The Morgan fingerprint density at radius 3 is 2.76 bits per heavy atom. The van der Waals surface area contributed by atoms with Gasteiger partial charge in [-0.2, -0.15) is 0 Å². The fourth-order valence-electron chi connectivity index (χ4n) is 2.85. The van der Waals surface area contributed by atoms with E-state index in [9.17, 15) is 9.59 Å². The average molecular weight is 406 g/mol. The average Bonchev–Trinajstić information content (AvgIpc) is 2.53. The number of esters is 1. The van der Waals surface area contributed by atoms with E-state index in [1.807, 2.05) is 18.2 Å². The summed E-state index contributed by atoms with van der Waals surface area (Å²) in [6, 6.07) is 8.84. The molecule has 7 heteroatoms. The van der Waals surface area contributed by atoms with Crippen LogP contribution in [0, 0.1) is 6.92 Å². The van der Waals surface area contributed by atoms with Crippen LogP contribution in [-0.2, 0) is 9.53 Å². The highest BCUT2D eigenvalue weighted by molar-refractivity contribution is 9.10. The summed E-state index contributed by atoms with van der Waals surface area (Å²) in [5.74, 6) is -0.805. The van der Waals surface area contributed by atoms with Gasteiger partial charge in [0.05, 0.1) is 18.1 Å². The number of hydrogen-bond donors (Lipinski definition) is 1. The minimum Gasteiger partial charge on any atom is -0.462 e. The summed E-state index contributed by atoms with van der Waals surface area (Å²) in [6.45, 7) is 3.50. The Morgan fingerprint density at radius 1 is 1.36 bits per heavy atom. The second-order valence-corrected chi connectivity index (χ2v) is 6.33. The Bertz CT molecular complexity index is 931. The van der Waals surface area contributed by atoms with Crippen LogP contribution >= 0.6 is 15.9 Å². The first-order valence-electron chi connectivity index (χ1n) is 7.67. The maximum Gasteiger partial charge on any atom is 0.343 e. The van der Waals surface area contributed by atoms with Crippen LogP contribution in [0.15, 0.2) is 55.5 Å². The molecule has 6 nitrogen and oxygen atoms in total. The molecule has 1 aromatic heterocycles. The van der Waals surface area contributed by atoms with E-state index < -0.39 is 17.5 Å². The van der Waals surface area contributed by atoms with E-state index in [1.54, 1.807) is 26.0 Å². The molecule has 130 valence electrons. The lowest BCUT2D eigenvalue weighted by molar-refractivity contribution is -0.139. The van der Waals surface area contributed by atoms with E-state index in [0.29, 0.717) is 11.3 Å². The summed E-state index contributed by atoms with van der Waals surface area (Å²) >= 11 is 3.47. The van der Waals surface area contributed by atoms with Gasteiger partial charge in [-0.1, -0.05) is 34.1 Å². The summed E-state index contributed by atoms with van der Waals surface area (Å²) in [6.07, 6.45) is 0. The molecule has 0 saturated carbocycles. The molecule has 1 aliphatic rings. The first kappa shape index (κ1) is 17.3. The fraction of sp³-hybridized carbons (Fsp3) is 0.222. The van der Waals surface area contributed by atoms with Gasteiger partial charge in [0.15, 0.2) is 0 Å². The lowest BCUT2D eigenvalue weighted by Crippen LogP contribution is -2.31. The van der Waals surface area contributed by atoms with Gasteiger partial charge in [-0.25, -0.2) is 9.59 Å². The molecule has 25 heavy (non-hydrogen) atoms. The van der Waals surface area contributed by atoms with Gasteiger partial charge in [-0.15, -0.1) is 0 Å². The standard InChI is InChI=1S/C18H16BrNO5/c1-3-23-17(21)15-13(10-6-4-5-7-11(10)19)14-12(25-16(15)20)8-9(2)24-18(14)22/h4-8,13H,3,20H2,1-2H3. The molecule has 0 spiro atoms. The van der Waals surface area contributed by atoms with Crippen LogP contribution in [0.5, 0.6) is 5.75 Å². The SMILES string of the molecule is CCOC(=O)C1=C(N)Oc2cc(C)oc(=O)c2C1c1ccccc1Br. The molecule has 3 rings (SSSR count). The van der Waals surface area contributed by atoms with Gasteiger partial charge in [0.1, 0.15) is 17.1 Å². The first-order chi connectivity index (χ1) is 11.9. The number of fused-ring (bicyclic) bond motifs is 1. The summed E-state index contributed by atoms with van der Waals surface area (Å²) in [5, 5.41) is 0. The van der Waals surface area contributed by atoms with Gasteiger partial charge in [0, 0.05) is 10.5 Å². The molecule has 1 unspecified atom stereocenters. The monoisotopic (exact) mass is 405 g/mol. The smallest absolute Gasteiger partial charge is 0.343 e. The number of rotatable bonds is 3. The molecule has 2 aromatic rings. The van der Waals surface area contributed by atoms with Crippen LogP contribution in [0.25, 0.3) is 0 Å². The van der Waals surface area contributed by atoms with Gasteiger partial charge in [-0.3, -0.25) is 0 Å². The molecule has 0 saturated heterocycles. The van der Waals surface area contributed by atoms with Crippen LogP contribution in [0.3, 0.4) is 0 Å². The predicted molar refractivity (Wildman–Crippen MR) is 94.2 cm³/mol. The van der Waals surface area contributed by atoms with Crippen LogP contribution in [-0.4, -0.2) is 12.6 Å². The van der Waals surface area contributed by atoms with Crippen molar-refractivity contribution in [3.63, 3.8) is 0 Å². The lowest BCUT2D eigenvalue weighted by Gasteiger charge is -2.27. The Labute approximate surface area is 152 Å². The van der Waals surface area contributed by atoms with Gasteiger partial charge < -0.3 is 19.6 Å². The zero-order valence-corrected chi connectivity index (χ0v) is 15.3. The molecule has 1 atom stereocenters. The molecule has 0 radical (unpaired) electrons. The number of ether oxygens (including phenoxy) is 2. The quantitative estimate of drug-likeness (QED) is 0.789. The topological polar surface area (TPSA) is 91.8 Å². The van der Waals surface area contributed by atoms with Crippen molar-refractivity contribution in [3.8, 4) is 5.75 Å². The van der Waals surface area contributed by atoms with Gasteiger partial charge in [0.25, 0.3) is 0 Å². The van der Waals surface area contributed by atoms with E-state index in [2.05, 4.69) is 15.9 Å². The Hall–Kier alpha value is -2.54. The Morgan fingerprint density at radius 2 is 2.08 bits per heavy atom. The van der Waals surface area contributed by atoms with Crippen LogP contribution < -0.4 is 16.1 Å². The number of aryl methyl sites for hydroxylation is 1. The largest absolute Gasteiger partial charge is 0.462 e. The lowest BCUT2D eigenvalue weighted by atomic mass is 9.84. The predicted octanol–water partition coefficient (Wildman–Crippen LogP) is 2.97. The number of halogens is 1. The Balaban J connectivity index is 2.30. The van der Waals surface area contributed by atoms with Crippen molar-refractivity contribution < 1.29 is 18.7 Å². The highest BCUT2D eigenvalue weighted by Gasteiger charge is 2.39. The molecule has 1 aliphatic heterocycles. The van der Waals surface area contributed by atoms with Crippen molar-refractivity contribution >= 4 is 21.9 Å². The summed E-state index contributed by atoms with van der Waals surface area (Å²) in [5.41, 5.74) is 6.42. The van der Waals surface area contributed by atoms with E-state index >= 15 is 0 Å². The van der Waals surface area contributed by atoms with Crippen molar-refractivity contribution in [2.24, 2.45) is 5.73 Å². The van der Waals surface area contributed by atoms with Gasteiger partial charge in [-0.05, 0) is 25.5 Å². The molecule has 0 bridgehead atoms. The van der Waals surface area contributed by atoms with E-state index in [0.717, 1.165) is 4.47 Å². The van der Waals surface area contributed by atoms with Crippen molar-refractivity contribution in [3.05, 3.63) is 73.6 Å². The number of hydrogen-bond acceptors (Lipinski definition) is 6. The maximum absolute atomic E-state index is 12.5. The third-order valence-electron chi connectivity index (χ3n) is 3.85. The highest BCUT2D eigenvalue weighted by Crippen LogP contribution is 2.43. The summed E-state index contributed by atoms with van der Waals surface area (Å²) in [4.78, 5) is 25.0. The second kappa shape index (κ2) is 6.76. The Kier molecular flexibility index (Phi) is 4.67. The van der Waals surface area contributed by atoms with Crippen molar-refractivity contribution in [1.82, 2.24) is 0 Å². The molecule has 0 aliphatic carbocycles. The fourth-order valence-corrected chi connectivity index (χ4v) is 3.36. The molecule has 2 N–H and O–H groups in total. The van der Waals surface area contributed by atoms with Crippen molar-refractivity contribution in [1.29, 1.82) is 0 Å². The zero-order valence-electron chi connectivity index (χ0n) is 13.7. The molecule has 0 fully saturated rings. The van der Waals surface area contributed by atoms with Crippen LogP contribution in [0.1, 0.15) is 29.7 Å².